The Hall–Kier alpha value is -1.75. The maximum atomic E-state index is 11.6. The van der Waals surface area contributed by atoms with Crippen molar-refractivity contribution in [3.63, 3.8) is 0 Å². The highest BCUT2D eigenvalue weighted by molar-refractivity contribution is 8.13. The monoisotopic (exact) mass is 249 g/mol. The molecule has 1 aromatic rings. The van der Waals surface area contributed by atoms with Gasteiger partial charge in [-0.25, -0.2) is 5.43 Å². The zero-order valence-corrected chi connectivity index (χ0v) is 10.5. The molecule has 0 unspecified atom stereocenters. The molecule has 0 aliphatic rings. The fourth-order valence-electron chi connectivity index (χ4n) is 1.05. The van der Waals surface area contributed by atoms with Crippen molar-refractivity contribution in [2.45, 2.75) is 6.92 Å². The van der Waals surface area contributed by atoms with Crippen LogP contribution in [0.5, 0.6) is 0 Å². The van der Waals surface area contributed by atoms with Crippen molar-refractivity contribution in [2.75, 3.05) is 5.75 Å². The van der Waals surface area contributed by atoms with Crippen LogP contribution in [0.3, 0.4) is 0 Å². The highest BCUT2D eigenvalue weighted by Crippen LogP contribution is 2.03. The van der Waals surface area contributed by atoms with E-state index < -0.39 is 0 Å². The molecule has 3 N–H and O–H groups in total. The van der Waals surface area contributed by atoms with Crippen LogP contribution in [0.1, 0.15) is 15.9 Å². The third-order valence-electron chi connectivity index (χ3n) is 1.93. The van der Waals surface area contributed by atoms with Crippen molar-refractivity contribution in [1.29, 1.82) is 0 Å². The molecule has 1 amide bonds. The van der Waals surface area contributed by atoms with Crippen LogP contribution in [0.4, 0.5) is 0 Å². The number of benzene rings is 1. The average Bonchev–Trinajstić information content (AvgIpc) is 2.34. The number of amidine groups is 1. The summed E-state index contributed by atoms with van der Waals surface area (Å²) in [4.78, 5) is 11.6. The molecule has 17 heavy (non-hydrogen) atoms. The fourth-order valence-corrected chi connectivity index (χ4v) is 1.45. The molecule has 1 rings (SSSR count). The molecule has 0 aromatic heterocycles. The van der Waals surface area contributed by atoms with Gasteiger partial charge in [0, 0.05) is 11.3 Å². The predicted molar refractivity (Wildman–Crippen MR) is 72.9 cm³/mol. The first-order chi connectivity index (χ1) is 8.13. The molecule has 0 fully saturated rings. The van der Waals surface area contributed by atoms with Crippen molar-refractivity contribution >= 4 is 22.8 Å². The number of nitrogens with two attached hydrogens (primary N) is 1. The Bertz CT molecular complexity index is 426. The van der Waals surface area contributed by atoms with Gasteiger partial charge < -0.3 is 5.73 Å². The van der Waals surface area contributed by atoms with Crippen LogP contribution >= 0.6 is 11.8 Å². The van der Waals surface area contributed by atoms with E-state index in [1.165, 1.54) is 11.8 Å². The van der Waals surface area contributed by atoms with E-state index in [1.54, 1.807) is 18.2 Å². The zero-order chi connectivity index (χ0) is 12.7. The second-order valence-electron chi connectivity index (χ2n) is 3.36. The minimum atomic E-state index is -0.271. The lowest BCUT2D eigenvalue weighted by molar-refractivity contribution is 0.0955. The summed E-state index contributed by atoms with van der Waals surface area (Å²) in [6, 6.07) is 7.23. The quantitative estimate of drug-likeness (QED) is 0.370. The molecule has 1 aromatic carbocycles. The van der Waals surface area contributed by atoms with Crippen molar-refractivity contribution in [3.05, 3.63) is 48.0 Å². The van der Waals surface area contributed by atoms with Gasteiger partial charge in [0.25, 0.3) is 5.91 Å². The number of hydrazone groups is 1. The number of carbonyl (C=O) groups is 1. The van der Waals surface area contributed by atoms with Crippen LogP contribution in [0.15, 0.2) is 42.0 Å². The van der Waals surface area contributed by atoms with E-state index in [1.807, 2.05) is 19.1 Å². The molecular weight excluding hydrogens is 234 g/mol. The Kier molecular flexibility index (Phi) is 5.29. The lowest BCUT2D eigenvalue weighted by Crippen LogP contribution is -2.21. The smallest absolute Gasteiger partial charge is 0.271 e. The molecular formula is C12H15N3OS. The summed E-state index contributed by atoms with van der Waals surface area (Å²) in [6.45, 7) is 5.53. The first-order valence-electron chi connectivity index (χ1n) is 5.07. The second kappa shape index (κ2) is 6.75. The van der Waals surface area contributed by atoms with Gasteiger partial charge in [0.15, 0.2) is 5.17 Å². The van der Waals surface area contributed by atoms with Crippen molar-refractivity contribution < 1.29 is 4.79 Å². The Labute approximate surface area is 105 Å². The fraction of sp³-hybridized carbons (Fsp3) is 0.167. The number of rotatable bonds is 4. The molecule has 4 nitrogen and oxygen atoms in total. The van der Waals surface area contributed by atoms with Gasteiger partial charge in [-0.1, -0.05) is 35.5 Å². The number of amides is 1. The Morgan fingerprint density at radius 3 is 2.76 bits per heavy atom. The molecule has 0 bridgehead atoms. The van der Waals surface area contributed by atoms with Crippen LogP contribution < -0.4 is 11.2 Å². The van der Waals surface area contributed by atoms with E-state index in [-0.39, 0.29) is 5.91 Å². The van der Waals surface area contributed by atoms with Crippen LogP contribution in [0.2, 0.25) is 0 Å². The number of nitrogens with one attached hydrogen (secondary N) is 1. The minimum Gasteiger partial charge on any atom is -0.377 e. The molecule has 0 radical (unpaired) electrons. The summed E-state index contributed by atoms with van der Waals surface area (Å²) in [5.41, 5.74) is 9.62. The van der Waals surface area contributed by atoms with Gasteiger partial charge >= 0.3 is 0 Å². The van der Waals surface area contributed by atoms with E-state index >= 15 is 0 Å². The van der Waals surface area contributed by atoms with Crippen molar-refractivity contribution in [2.24, 2.45) is 10.8 Å². The zero-order valence-electron chi connectivity index (χ0n) is 9.64. The van der Waals surface area contributed by atoms with Gasteiger partial charge in [-0.3, -0.25) is 4.79 Å². The molecule has 0 aliphatic carbocycles. The van der Waals surface area contributed by atoms with E-state index in [0.717, 1.165) is 5.56 Å². The summed E-state index contributed by atoms with van der Waals surface area (Å²) in [6.07, 6.45) is 1.72. The standard InChI is InChI=1S/C12H15N3OS/c1-3-8-17-12(13)15-14-11(16)10-6-4-9(2)5-7-10/h3-7H,1,8H2,2H3,(H2,13,15)(H,14,16). The maximum absolute atomic E-state index is 11.6. The van der Waals surface area contributed by atoms with Gasteiger partial charge in [-0.05, 0) is 19.1 Å². The summed E-state index contributed by atoms with van der Waals surface area (Å²) >= 11 is 1.31. The Balaban J connectivity index is 2.54. The number of thioether (sulfide) groups is 1. The lowest BCUT2D eigenvalue weighted by Gasteiger charge is -2.01. The van der Waals surface area contributed by atoms with E-state index in [4.69, 9.17) is 5.73 Å². The largest absolute Gasteiger partial charge is 0.377 e. The van der Waals surface area contributed by atoms with Crippen LogP contribution in [-0.2, 0) is 0 Å². The van der Waals surface area contributed by atoms with Gasteiger partial charge in [0.1, 0.15) is 0 Å². The molecule has 0 aliphatic heterocycles. The number of nitrogens with zero attached hydrogens (tertiary/aromatic N) is 1. The minimum absolute atomic E-state index is 0.271. The van der Waals surface area contributed by atoms with E-state index in [2.05, 4.69) is 17.1 Å². The summed E-state index contributed by atoms with van der Waals surface area (Å²) < 4.78 is 0. The van der Waals surface area contributed by atoms with Gasteiger partial charge in [0.05, 0.1) is 0 Å². The second-order valence-corrected chi connectivity index (χ2v) is 4.40. The Morgan fingerprint density at radius 2 is 2.18 bits per heavy atom. The predicted octanol–water partition coefficient (Wildman–Crippen LogP) is 1.87. The average molecular weight is 249 g/mol. The van der Waals surface area contributed by atoms with Gasteiger partial charge in [0.2, 0.25) is 0 Å². The van der Waals surface area contributed by atoms with Crippen LogP contribution in [-0.4, -0.2) is 16.8 Å². The van der Waals surface area contributed by atoms with Crippen molar-refractivity contribution in [1.82, 2.24) is 5.43 Å². The number of carbonyl (C=O) groups excluding carboxylic acids is 1. The molecule has 0 saturated carbocycles. The Morgan fingerprint density at radius 1 is 1.53 bits per heavy atom. The summed E-state index contributed by atoms with van der Waals surface area (Å²) in [5.74, 6) is 0.391. The van der Waals surface area contributed by atoms with E-state index in [9.17, 15) is 4.79 Å². The lowest BCUT2D eigenvalue weighted by atomic mass is 10.1. The molecule has 0 atom stereocenters. The van der Waals surface area contributed by atoms with Gasteiger partial charge in [-0.2, -0.15) is 0 Å². The first-order valence-corrected chi connectivity index (χ1v) is 6.06. The molecule has 0 heterocycles. The van der Waals surface area contributed by atoms with Crippen LogP contribution in [0.25, 0.3) is 0 Å². The first kappa shape index (κ1) is 13.3. The third-order valence-corrected chi connectivity index (χ3v) is 2.72. The number of hydrogen-bond acceptors (Lipinski definition) is 3. The summed E-state index contributed by atoms with van der Waals surface area (Å²) in [7, 11) is 0. The highest BCUT2D eigenvalue weighted by Gasteiger charge is 2.03. The molecule has 0 saturated heterocycles. The maximum Gasteiger partial charge on any atom is 0.271 e. The van der Waals surface area contributed by atoms with E-state index in [0.29, 0.717) is 16.5 Å². The van der Waals surface area contributed by atoms with Crippen molar-refractivity contribution in [3.8, 4) is 0 Å². The molecule has 5 heteroatoms. The SMILES string of the molecule is C=CCS/C(N)=N/NC(=O)c1ccc(C)cc1. The number of aryl methyl sites for hydroxylation is 1. The molecule has 90 valence electrons. The topological polar surface area (TPSA) is 67.5 Å². The highest BCUT2D eigenvalue weighted by atomic mass is 32.2. The third kappa shape index (κ3) is 4.74. The van der Waals surface area contributed by atoms with Crippen LogP contribution in [0, 0.1) is 6.92 Å². The normalized spacial score (nSPS) is 11.0. The van der Waals surface area contributed by atoms with Gasteiger partial charge in [-0.15, -0.1) is 11.7 Å². The number of hydrogen-bond donors (Lipinski definition) is 2. The molecule has 0 spiro atoms. The summed E-state index contributed by atoms with van der Waals surface area (Å²) in [5, 5.41) is 4.08.